The van der Waals surface area contributed by atoms with Crippen LogP contribution in [0, 0.1) is 13.8 Å². The van der Waals surface area contributed by atoms with Crippen molar-refractivity contribution in [3.8, 4) is 0 Å². The lowest BCUT2D eigenvalue weighted by atomic mass is 10.1. The van der Waals surface area contributed by atoms with Crippen LogP contribution in [0.1, 0.15) is 43.2 Å². The molecule has 1 heterocycles. The topological polar surface area (TPSA) is 104 Å². The molecule has 0 aliphatic heterocycles. The minimum Gasteiger partial charge on any atom is -0.480 e. The highest BCUT2D eigenvalue weighted by Gasteiger charge is 2.19. The molecule has 0 saturated heterocycles. The third-order valence-electron chi connectivity index (χ3n) is 3.06. The minimum atomic E-state index is -1.02. The number of rotatable bonds is 7. The molecule has 0 spiro atoms. The van der Waals surface area contributed by atoms with E-state index in [1.54, 1.807) is 13.8 Å². The van der Waals surface area contributed by atoms with Gasteiger partial charge in [-0.05, 0) is 20.3 Å². The third-order valence-corrected chi connectivity index (χ3v) is 3.06. The summed E-state index contributed by atoms with van der Waals surface area (Å²) in [6, 6.07) is -1.37. The molecule has 1 aromatic heterocycles. The molecular weight excluding hydrogens is 262 g/mol. The maximum atomic E-state index is 11.7. The van der Waals surface area contributed by atoms with E-state index < -0.39 is 18.0 Å². The van der Waals surface area contributed by atoms with E-state index in [1.165, 1.54) is 0 Å². The molecule has 1 atom stereocenters. The molecule has 0 unspecified atom stereocenters. The number of carbonyl (C=O) groups excluding carboxylic acids is 1. The fraction of sp³-hybridized carbons (Fsp3) is 0.615. The molecule has 0 fully saturated rings. The summed E-state index contributed by atoms with van der Waals surface area (Å²) in [6.45, 7) is 5.77. The number of urea groups is 1. The molecule has 0 aromatic carbocycles. The van der Waals surface area contributed by atoms with Crippen LogP contribution in [0.25, 0.3) is 0 Å². The predicted molar refractivity (Wildman–Crippen MR) is 72.3 cm³/mol. The van der Waals surface area contributed by atoms with Crippen molar-refractivity contribution in [3.63, 3.8) is 0 Å². The van der Waals surface area contributed by atoms with Crippen LogP contribution < -0.4 is 10.6 Å². The fourth-order valence-electron chi connectivity index (χ4n) is 1.80. The smallest absolute Gasteiger partial charge is 0.326 e. The van der Waals surface area contributed by atoms with Gasteiger partial charge in [0.05, 0.1) is 5.69 Å². The Labute approximate surface area is 117 Å². The zero-order valence-electron chi connectivity index (χ0n) is 12.0. The Morgan fingerprint density at radius 2 is 2.10 bits per heavy atom. The van der Waals surface area contributed by atoms with E-state index in [4.69, 9.17) is 9.63 Å². The van der Waals surface area contributed by atoms with E-state index >= 15 is 0 Å². The zero-order valence-corrected chi connectivity index (χ0v) is 12.0. The number of aryl methyl sites for hydroxylation is 2. The van der Waals surface area contributed by atoms with E-state index in [9.17, 15) is 9.59 Å². The Morgan fingerprint density at radius 3 is 2.60 bits per heavy atom. The Kier molecular flexibility index (Phi) is 6.02. The molecule has 0 radical (unpaired) electrons. The highest BCUT2D eigenvalue weighted by Crippen LogP contribution is 2.11. The van der Waals surface area contributed by atoms with Crippen LogP contribution in [0.5, 0.6) is 0 Å². The fourth-order valence-corrected chi connectivity index (χ4v) is 1.80. The van der Waals surface area contributed by atoms with Gasteiger partial charge < -0.3 is 20.3 Å². The highest BCUT2D eigenvalue weighted by atomic mass is 16.5. The molecule has 20 heavy (non-hydrogen) atoms. The number of nitrogens with one attached hydrogen (secondary N) is 2. The SMILES string of the molecule is CCCC[C@H](NC(=O)NCc1c(C)noc1C)C(=O)O. The number of aromatic nitrogens is 1. The molecule has 112 valence electrons. The summed E-state index contributed by atoms with van der Waals surface area (Å²) in [5.41, 5.74) is 1.52. The average molecular weight is 283 g/mol. The molecule has 0 saturated carbocycles. The van der Waals surface area contributed by atoms with Gasteiger partial charge in [-0.2, -0.15) is 0 Å². The van der Waals surface area contributed by atoms with Crippen molar-refractivity contribution in [1.82, 2.24) is 15.8 Å². The number of hydrogen-bond acceptors (Lipinski definition) is 4. The van der Waals surface area contributed by atoms with Crippen molar-refractivity contribution in [3.05, 3.63) is 17.0 Å². The lowest BCUT2D eigenvalue weighted by molar-refractivity contribution is -0.139. The summed E-state index contributed by atoms with van der Waals surface area (Å²) in [6.07, 6.45) is 2.05. The van der Waals surface area contributed by atoms with E-state index in [-0.39, 0.29) is 6.54 Å². The number of carbonyl (C=O) groups is 2. The largest absolute Gasteiger partial charge is 0.480 e. The molecule has 1 aromatic rings. The Hall–Kier alpha value is -2.05. The van der Waals surface area contributed by atoms with Crippen molar-refractivity contribution < 1.29 is 19.2 Å². The second kappa shape index (κ2) is 7.52. The van der Waals surface area contributed by atoms with Crippen molar-refractivity contribution >= 4 is 12.0 Å². The number of carboxylic acid groups (broad SMARTS) is 1. The van der Waals surface area contributed by atoms with Crippen molar-refractivity contribution in [2.45, 2.75) is 52.6 Å². The highest BCUT2D eigenvalue weighted by molar-refractivity contribution is 5.82. The molecule has 2 amide bonds. The normalized spacial score (nSPS) is 11.9. The first-order valence-corrected chi connectivity index (χ1v) is 6.64. The van der Waals surface area contributed by atoms with E-state index in [1.807, 2.05) is 6.92 Å². The first-order chi connectivity index (χ1) is 9.45. The molecule has 0 aliphatic carbocycles. The summed E-state index contributed by atoms with van der Waals surface area (Å²) in [5.74, 6) is -0.380. The average Bonchev–Trinajstić information content (AvgIpc) is 2.71. The number of aliphatic carboxylic acids is 1. The third kappa shape index (κ3) is 4.56. The summed E-state index contributed by atoms with van der Waals surface area (Å²) >= 11 is 0. The summed E-state index contributed by atoms with van der Waals surface area (Å²) < 4.78 is 4.98. The number of amides is 2. The molecule has 3 N–H and O–H groups in total. The summed E-state index contributed by atoms with van der Waals surface area (Å²) in [5, 5.41) is 17.9. The quantitative estimate of drug-likeness (QED) is 0.707. The first-order valence-electron chi connectivity index (χ1n) is 6.64. The first kappa shape index (κ1) is 16.0. The van der Waals surface area contributed by atoms with E-state index in [0.717, 1.165) is 18.4 Å². The molecule has 1 rings (SSSR count). The van der Waals surface area contributed by atoms with Crippen LogP contribution in [0.15, 0.2) is 4.52 Å². The Balaban J connectivity index is 2.48. The molecular formula is C13H21N3O4. The standard InChI is InChI=1S/C13H21N3O4/c1-4-5-6-11(12(17)18)15-13(19)14-7-10-8(2)16-20-9(10)3/h11H,4-7H2,1-3H3,(H,17,18)(H2,14,15,19)/t11-/m0/s1. The van der Waals surface area contributed by atoms with Gasteiger partial charge in [-0.1, -0.05) is 24.9 Å². The number of carboxylic acids is 1. The Morgan fingerprint density at radius 1 is 1.40 bits per heavy atom. The van der Waals surface area contributed by atoms with Gasteiger partial charge in [0.2, 0.25) is 0 Å². The van der Waals surface area contributed by atoms with E-state index in [2.05, 4.69) is 15.8 Å². The monoisotopic (exact) mass is 283 g/mol. The van der Waals surface area contributed by atoms with Gasteiger partial charge in [0.25, 0.3) is 0 Å². The maximum absolute atomic E-state index is 11.7. The van der Waals surface area contributed by atoms with Gasteiger partial charge in [0.1, 0.15) is 11.8 Å². The van der Waals surface area contributed by atoms with E-state index in [0.29, 0.717) is 17.9 Å². The lowest BCUT2D eigenvalue weighted by Gasteiger charge is -2.14. The van der Waals surface area contributed by atoms with Crippen LogP contribution in [0.3, 0.4) is 0 Å². The maximum Gasteiger partial charge on any atom is 0.326 e. The van der Waals surface area contributed by atoms with Gasteiger partial charge in [0, 0.05) is 12.1 Å². The van der Waals surface area contributed by atoms with Gasteiger partial charge in [-0.25, -0.2) is 9.59 Å². The van der Waals surface area contributed by atoms with Gasteiger partial charge in [0.15, 0.2) is 0 Å². The van der Waals surface area contributed by atoms with Crippen LogP contribution in [-0.4, -0.2) is 28.3 Å². The second-order valence-corrected chi connectivity index (χ2v) is 4.66. The molecule has 0 bridgehead atoms. The van der Waals surface area contributed by atoms with Gasteiger partial charge in [-0.15, -0.1) is 0 Å². The molecule has 7 nitrogen and oxygen atoms in total. The number of hydrogen-bond donors (Lipinski definition) is 3. The predicted octanol–water partition coefficient (Wildman–Crippen LogP) is 1.73. The van der Waals surface area contributed by atoms with Crippen LogP contribution in [-0.2, 0) is 11.3 Å². The van der Waals surface area contributed by atoms with Crippen molar-refractivity contribution in [2.24, 2.45) is 0 Å². The van der Waals surface area contributed by atoms with Crippen LogP contribution in [0.4, 0.5) is 4.79 Å². The van der Waals surface area contributed by atoms with Crippen molar-refractivity contribution in [1.29, 1.82) is 0 Å². The van der Waals surface area contributed by atoms with Gasteiger partial charge in [-0.3, -0.25) is 0 Å². The zero-order chi connectivity index (χ0) is 15.1. The number of nitrogens with zero attached hydrogens (tertiary/aromatic N) is 1. The number of unbranched alkanes of at least 4 members (excludes halogenated alkanes) is 1. The van der Waals surface area contributed by atoms with Crippen LogP contribution in [0.2, 0.25) is 0 Å². The summed E-state index contributed by atoms with van der Waals surface area (Å²) in [4.78, 5) is 22.7. The van der Waals surface area contributed by atoms with Crippen LogP contribution >= 0.6 is 0 Å². The van der Waals surface area contributed by atoms with Gasteiger partial charge >= 0.3 is 12.0 Å². The second-order valence-electron chi connectivity index (χ2n) is 4.66. The molecule has 7 heteroatoms. The lowest BCUT2D eigenvalue weighted by Crippen LogP contribution is -2.45. The van der Waals surface area contributed by atoms with Crippen molar-refractivity contribution in [2.75, 3.05) is 0 Å². The summed E-state index contributed by atoms with van der Waals surface area (Å²) in [7, 11) is 0. The minimum absolute atomic E-state index is 0.257. The molecule has 0 aliphatic rings. The Bertz CT molecular complexity index is 451.